The number of thiophene rings is 1. The molecule has 1 aromatic heterocycles. The molecule has 0 saturated carbocycles. The molecule has 2 rings (SSSR count). The minimum absolute atomic E-state index is 0.200. The highest BCUT2D eigenvalue weighted by Gasteiger charge is 2.14. The lowest BCUT2D eigenvalue weighted by atomic mass is 10.2. The van der Waals surface area contributed by atoms with Crippen LogP contribution in [0.15, 0.2) is 36.4 Å². The van der Waals surface area contributed by atoms with Crippen LogP contribution >= 0.6 is 11.3 Å². The van der Waals surface area contributed by atoms with Gasteiger partial charge in [0.15, 0.2) is 0 Å². The maximum absolute atomic E-state index is 11.3. The molecule has 0 spiro atoms. The molecule has 0 bridgehead atoms. The van der Waals surface area contributed by atoms with Gasteiger partial charge in [-0.3, -0.25) is 10.1 Å². The molecule has 5 N–H and O–H groups in total. The van der Waals surface area contributed by atoms with E-state index in [1.807, 2.05) is 30.3 Å². The highest BCUT2D eigenvalue weighted by molar-refractivity contribution is 7.17. The first kappa shape index (κ1) is 13.6. The number of urea groups is 1. The number of nitrogens with two attached hydrogens (primary N) is 2. The number of hydrogen-bond acceptors (Lipinski definition) is 3. The van der Waals surface area contributed by atoms with Crippen molar-refractivity contribution in [3.8, 4) is 11.8 Å². The number of anilines is 1. The number of nitrogens with one attached hydrogen (secondary N) is 1. The van der Waals surface area contributed by atoms with Crippen LogP contribution in [-0.2, 0) is 0 Å². The standard InChI is InChI=1S/C14H11N3O2S/c15-12(18)11-8-10(20-13(11)17-14(16)19)7-6-9-4-2-1-3-5-9/h1-5,8H,(H2,15,18)(H3,16,17,19). The molecule has 0 aliphatic rings. The topological polar surface area (TPSA) is 98.2 Å². The van der Waals surface area contributed by atoms with Crippen molar-refractivity contribution < 1.29 is 9.59 Å². The van der Waals surface area contributed by atoms with E-state index in [-0.39, 0.29) is 5.56 Å². The van der Waals surface area contributed by atoms with Gasteiger partial charge < -0.3 is 11.5 Å². The summed E-state index contributed by atoms with van der Waals surface area (Å²) in [7, 11) is 0. The van der Waals surface area contributed by atoms with Crippen LogP contribution in [0.2, 0.25) is 0 Å². The summed E-state index contributed by atoms with van der Waals surface area (Å²) in [6.45, 7) is 0. The van der Waals surface area contributed by atoms with Gasteiger partial charge in [0.05, 0.1) is 10.4 Å². The van der Waals surface area contributed by atoms with Crippen molar-refractivity contribution in [1.82, 2.24) is 0 Å². The van der Waals surface area contributed by atoms with Crippen LogP contribution in [-0.4, -0.2) is 11.9 Å². The zero-order valence-electron chi connectivity index (χ0n) is 10.3. The third-order valence-electron chi connectivity index (χ3n) is 2.34. The summed E-state index contributed by atoms with van der Waals surface area (Å²) >= 11 is 1.15. The van der Waals surface area contributed by atoms with Crippen molar-refractivity contribution in [2.24, 2.45) is 11.5 Å². The lowest BCUT2D eigenvalue weighted by Gasteiger charge is -1.98. The molecule has 6 heteroatoms. The Morgan fingerprint density at radius 1 is 1.10 bits per heavy atom. The van der Waals surface area contributed by atoms with Gasteiger partial charge in [0.25, 0.3) is 5.91 Å². The quantitative estimate of drug-likeness (QED) is 0.732. The number of amides is 3. The Morgan fingerprint density at radius 2 is 1.80 bits per heavy atom. The second kappa shape index (κ2) is 5.91. The van der Waals surface area contributed by atoms with Gasteiger partial charge in [-0.25, -0.2) is 4.79 Å². The number of rotatable bonds is 2. The Bertz CT molecular complexity index is 711. The molecule has 0 aliphatic carbocycles. The van der Waals surface area contributed by atoms with Gasteiger partial charge >= 0.3 is 6.03 Å². The molecule has 0 unspecified atom stereocenters. The number of hydrogen-bond donors (Lipinski definition) is 3. The van der Waals surface area contributed by atoms with E-state index in [2.05, 4.69) is 17.2 Å². The third-order valence-corrected chi connectivity index (χ3v) is 3.30. The van der Waals surface area contributed by atoms with E-state index in [0.717, 1.165) is 16.9 Å². The largest absolute Gasteiger partial charge is 0.366 e. The fourth-order valence-corrected chi connectivity index (χ4v) is 2.42. The molecule has 20 heavy (non-hydrogen) atoms. The van der Waals surface area contributed by atoms with E-state index in [4.69, 9.17) is 11.5 Å². The molecule has 100 valence electrons. The monoisotopic (exact) mass is 285 g/mol. The molecule has 0 saturated heterocycles. The van der Waals surface area contributed by atoms with Crippen LogP contribution in [0.4, 0.5) is 9.80 Å². The summed E-state index contributed by atoms with van der Waals surface area (Å²) in [5.41, 5.74) is 11.3. The van der Waals surface area contributed by atoms with Crippen molar-refractivity contribution in [2.75, 3.05) is 5.32 Å². The van der Waals surface area contributed by atoms with Crippen molar-refractivity contribution in [1.29, 1.82) is 0 Å². The molecule has 0 aliphatic heterocycles. The van der Waals surface area contributed by atoms with E-state index >= 15 is 0 Å². The Kier molecular flexibility index (Phi) is 4.03. The van der Waals surface area contributed by atoms with Crippen LogP contribution in [0.3, 0.4) is 0 Å². The highest BCUT2D eigenvalue weighted by atomic mass is 32.1. The van der Waals surface area contributed by atoms with Gasteiger partial charge in [0, 0.05) is 5.56 Å². The van der Waals surface area contributed by atoms with Gasteiger partial charge in [-0.05, 0) is 18.2 Å². The van der Waals surface area contributed by atoms with Gasteiger partial charge in [-0.2, -0.15) is 0 Å². The summed E-state index contributed by atoms with van der Waals surface area (Å²) < 4.78 is 0. The second-order valence-corrected chi connectivity index (χ2v) is 4.88. The molecule has 5 nitrogen and oxygen atoms in total. The Hall–Kier alpha value is -2.78. The van der Waals surface area contributed by atoms with Gasteiger partial charge in [-0.1, -0.05) is 30.0 Å². The summed E-state index contributed by atoms with van der Waals surface area (Å²) in [6, 6.07) is 10.2. The molecule has 0 atom stereocenters. The van der Waals surface area contributed by atoms with Crippen molar-refractivity contribution >= 4 is 28.3 Å². The fraction of sp³-hybridized carbons (Fsp3) is 0. The average molecular weight is 285 g/mol. The highest BCUT2D eigenvalue weighted by Crippen LogP contribution is 2.27. The van der Waals surface area contributed by atoms with Crippen molar-refractivity contribution in [2.45, 2.75) is 0 Å². The Balaban J connectivity index is 2.32. The minimum Gasteiger partial charge on any atom is -0.366 e. The Labute approximate surface area is 119 Å². The molecule has 3 amide bonds. The number of benzene rings is 1. The number of carbonyl (C=O) groups is 2. The maximum Gasteiger partial charge on any atom is 0.317 e. The second-order valence-electron chi connectivity index (χ2n) is 3.82. The van der Waals surface area contributed by atoms with Crippen LogP contribution in [0.25, 0.3) is 0 Å². The summed E-state index contributed by atoms with van der Waals surface area (Å²) in [5, 5.41) is 2.67. The van der Waals surface area contributed by atoms with Crippen molar-refractivity contribution in [3.63, 3.8) is 0 Å². The predicted octanol–water partition coefficient (Wildman–Crippen LogP) is 1.74. The molecule has 0 radical (unpaired) electrons. The van der Waals surface area contributed by atoms with E-state index in [1.165, 1.54) is 6.07 Å². The molecule has 0 fully saturated rings. The van der Waals surface area contributed by atoms with Crippen LogP contribution in [0, 0.1) is 11.8 Å². The average Bonchev–Trinajstić information content (AvgIpc) is 2.80. The van der Waals surface area contributed by atoms with Gasteiger partial charge in [0.2, 0.25) is 0 Å². The summed E-state index contributed by atoms with van der Waals surface area (Å²) in [4.78, 5) is 22.8. The van der Waals surface area contributed by atoms with E-state index in [0.29, 0.717) is 9.88 Å². The minimum atomic E-state index is -0.753. The number of carbonyl (C=O) groups excluding carboxylic acids is 2. The third kappa shape index (κ3) is 3.37. The van der Waals surface area contributed by atoms with Gasteiger partial charge in [0.1, 0.15) is 5.00 Å². The first-order valence-corrected chi connectivity index (χ1v) is 6.45. The SMILES string of the molecule is NC(=O)Nc1sc(C#Cc2ccccc2)cc1C(N)=O. The van der Waals surface area contributed by atoms with E-state index in [9.17, 15) is 9.59 Å². The predicted molar refractivity (Wildman–Crippen MR) is 78.5 cm³/mol. The lowest BCUT2D eigenvalue weighted by molar-refractivity contribution is 0.100. The normalized spacial score (nSPS) is 9.40. The van der Waals surface area contributed by atoms with Crippen molar-refractivity contribution in [3.05, 3.63) is 52.4 Å². The van der Waals surface area contributed by atoms with Crippen LogP contribution < -0.4 is 16.8 Å². The molecule has 2 aromatic rings. The zero-order valence-corrected chi connectivity index (χ0v) is 11.2. The Morgan fingerprint density at radius 3 is 2.40 bits per heavy atom. The summed E-state index contributed by atoms with van der Waals surface area (Å²) in [5.74, 6) is 5.24. The van der Waals surface area contributed by atoms with Crippen LogP contribution in [0.5, 0.6) is 0 Å². The first-order chi connectivity index (χ1) is 9.56. The zero-order chi connectivity index (χ0) is 14.5. The molecular weight excluding hydrogens is 274 g/mol. The van der Waals surface area contributed by atoms with Crippen LogP contribution in [0.1, 0.15) is 20.8 Å². The van der Waals surface area contributed by atoms with Gasteiger partial charge in [-0.15, -0.1) is 11.3 Å². The van der Waals surface area contributed by atoms with E-state index in [1.54, 1.807) is 0 Å². The summed E-state index contributed by atoms with van der Waals surface area (Å²) in [6.07, 6.45) is 0. The van der Waals surface area contributed by atoms with E-state index < -0.39 is 11.9 Å². The maximum atomic E-state index is 11.3. The molecular formula is C14H11N3O2S. The smallest absolute Gasteiger partial charge is 0.317 e. The molecule has 1 heterocycles. The lowest BCUT2D eigenvalue weighted by Crippen LogP contribution is -2.21. The number of primary amides is 2. The first-order valence-electron chi connectivity index (χ1n) is 5.63. The fourth-order valence-electron chi connectivity index (χ4n) is 1.50. The molecule has 1 aromatic carbocycles.